The van der Waals surface area contributed by atoms with Crippen molar-refractivity contribution in [3.63, 3.8) is 0 Å². The summed E-state index contributed by atoms with van der Waals surface area (Å²) >= 11 is 0. The highest BCUT2D eigenvalue weighted by atomic mass is 16.5. The second-order valence-corrected chi connectivity index (χ2v) is 5.22. The number of hydrogen-bond acceptors (Lipinski definition) is 3. The first-order chi connectivity index (χ1) is 10.5. The molecule has 0 aliphatic rings. The van der Waals surface area contributed by atoms with E-state index in [0.29, 0.717) is 32.0 Å². The molecule has 6 nitrogen and oxygen atoms in total. The van der Waals surface area contributed by atoms with Crippen molar-refractivity contribution in [2.45, 2.75) is 32.6 Å². The van der Waals surface area contributed by atoms with Crippen molar-refractivity contribution >= 4 is 12.0 Å². The van der Waals surface area contributed by atoms with Gasteiger partial charge in [-0.05, 0) is 24.0 Å². The molecule has 0 atom stereocenters. The number of rotatable bonds is 9. The zero-order valence-corrected chi connectivity index (χ0v) is 13.1. The maximum atomic E-state index is 11.4. The molecule has 0 radical (unpaired) electrons. The molecular formula is C16H24N2O4. The molecule has 6 heteroatoms. The predicted octanol–water partition coefficient (Wildman–Crippen LogP) is 2.35. The van der Waals surface area contributed by atoms with Crippen LogP contribution in [0.5, 0.6) is 5.75 Å². The van der Waals surface area contributed by atoms with Crippen LogP contribution in [0.2, 0.25) is 0 Å². The molecule has 1 aromatic rings. The van der Waals surface area contributed by atoms with E-state index in [-0.39, 0.29) is 12.5 Å². The monoisotopic (exact) mass is 308 g/mol. The molecule has 0 saturated heterocycles. The Hall–Kier alpha value is -2.24. The van der Waals surface area contributed by atoms with E-state index in [4.69, 9.17) is 9.84 Å². The standard InChI is InChI=1S/C16H24N2O4/c1-12(2)13-6-3-4-7-14(13)22-11-10-18-16(21)17-9-5-8-15(19)20/h3-4,6-7,12H,5,8-11H2,1-2H3,(H,19,20)(H2,17,18,21). The lowest BCUT2D eigenvalue weighted by atomic mass is 10.0. The average molecular weight is 308 g/mol. The van der Waals surface area contributed by atoms with Gasteiger partial charge in [0.2, 0.25) is 0 Å². The largest absolute Gasteiger partial charge is 0.491 e. The Morgan fingerprint density at radius 1 is 1.18 bits per heavy atom. The van der Waals surface area contributed by atoms with Crippen molar-refractivity contribution in [1.82, 2.24) is 10.6 Å². The number of carboxylic acids is 1. The Balaban J connectivity index is 2.20. The van der Waals surface area contributed by atoms with E-state index in [1.807, 2.05) is 24.3 Å². The van der Waals surface area contributed by atoms with E-state index >= 15 is 0 Å². The molecule has 122 valence electrons. The van der Waals surface area contributed by atoms with Crippen LogP contribution in [0, 0.1) is 0 Å². The molecule has 0 spiro atoms. The van der Waals surface area contributed by atoms with Crippen LogP contribution in [0.1, 0.15) is 38.2 Å². The summed E-state index contributed by atoms with van der Waals surface area (Å²) in [5.41, 5.74) is 1.14. The van der Waals surface area contributed by atoms with Gasteiger partial charge in [0.05, 0.1) is 6.54 Å². The first kappa shape index (κ1) is 17.8. The third-order valence-corrected chi connectivity index (χ3v) is 3.04. The van der Waals surface area contributed by atoms with Gasteiger partial charge in [0.1, 0.15) is 12.4 Å². The minimum atomic E-state index is -0.862. The molecule has 0 unspecified atom stereocenters. The summed E-state index contributed by atoms with van der Waals surface area (Å²) in [7, 11) is 0. The SMILES string of the molecule is CC(C)c1ccccc1OCCNC(=O)NCCCC(=O)O. The highest BCUT2D eigenvalue weighted by Gasteiger charge is 2.06. The van der Waals surface area contributed by atoms with Gasteiger partial charge in [-0.3, -0.25) is 4.79 Å². The number of carbonyl (C=O) groups excluding carboxylic acids is 1. The zero-order valence-electron chi connectivity index (χ0n) is 13.1. The fraction of sp³-hybridized carbons (Fsp3) is 0.500. The molecule has 0 heterocycles. The van der Waals surface area contributed by atoms with Crippen LogP contribution in [-0.4, -0.2) is 36.8 Å². The molecule has 22 heavy (non-hydrogen) atoms. The summed E-state index contributed by atoms with van der Waals surface area (Å²) in [5, 5.41) is 13.7. The normalized spacial score (nSPS) is 10.3. The average Bonchev–Trinajstić information content (AvgIpc) is 2.48. The minimum absolute atomic E-state index is 0.0510. The van der Waals surface area contributed by atoms with E-state index in [1.165, 1.54) is 0 Å². The number of ether oxygens (including phenoxy) is 1. The summed E-state index contributed by atoms with van der Waals surface area (Å²) < 4.78 is 5.69. The van der Waals surface area contributed by atoms with Crippen molar-refractivity contribution in [1.29, 1.82) is 0 Å². The van der Waals surface area contributed by atoms with E-state index in [9.17, 15) is 9.59 Å². The minimum Gasteiger partial charge on any atom is -0.491 e. The molecule has 0 aromatic heterocycles. The van der Waals surface area contributed by atoms with Crippen LogP contribution in [0.25, 0.3) is 0 Å². The number of benzene rings is 1. The smallest absolute Gasteiger partial charge is 0.314 e. The van der Waals surface area contributed by atoms with Crippen LogP contribution in [0.3, 0.4) is 0 Å². The first-order valence-electron chi connectivity index (χ1n) is 7.46. The van der Waals surface area contributed by atoms with E-state index in [1.54, 1.807) is 0 Å². The fourth-order valence-electron chi connectivity index (χ4n) is 1.92. The molecule has 0 aliphatic carbocycles. The summed E-state index contributed by atoms with van der Waals surface area (Å²) in [6.45, 7) is 5.31. The van der Waals surface area contributed by atoms with Crippen LogP contribution in [0.4, 0.5) is 4.79 Å². The van der Waals surface area contributed by atoms with Gasteiger partial charge >= 0.3 is 12.0 Å². The Kier molecular flexibility index (Phi) is 7.81. The molecule has 0 saturated carbocycles. The molecular weight excluding hydrogens is 284 g/mol. The fourth-order valence-corrected chi connectivity index (χ4v) is 1.92. The van der Waals surface area contributed by atoms with Crippen molar-refractivity contribution in [3.05, 3.63) is 29.8 Å². The van der Waals surface area contributed by atoms with Gasteiger partial charge in [-0.1, -0.05) is 32.0 Å². The molecule has 0 aliphatic heterocycles. The van der Waals surface area contributed by atoms with E-state index in [2.05, 4.69) is 24.5 Å². The summed E-state index contributed by atoms with van der Waals surface area (Å²) in [6, 6.07) is 7.53. The van der Waals surface area contributed by atoms with Gasteiger partial charge in [0.25, 0.3) is 0 Å². The number of amides is 2. The van der Waals surface area contributed by atoms with Gasteiger partial charge in [0, 0.05) is 13.0 Å². The Morgan fingerprint density at radius 2 is 1.86 bits per heavy atom. The zero-order chi connectivity index (χ0) is 16.4. The Morgan fingerprint density at radius 3 is 2.55 bits per heavy atom. The summed E-state index contributed by atoms with van der Waals surface area (Å²) in [6.07, 6.45) is 0.469. The quantitative estimate of drug-likeness (QED) is 0.611. The maximum Gasteiger partial charge on any atom is 0.314 e. The molecule has 2 amide bonds. The Bertz CT molecular complexity index is 489. The number of carbonyl (C=O) groups is 2. The highest BCUT2D eigenvalue weighted by Crippen LogP contribution is 2.25. The van der Waals surface area contributed by atoms with Crippen LogP contribution in [-0.2, 0) is 4.79 Å². The van der Waals surface area contributed by atoms with Gasteiger partial charge in [0.15, 0.2) is 0 Å². The maximum absolute atomic E-state index is 11.4. The lowest BCUT2D eigenvalue weighted by Gasteiger charge is -2.14. The van der Waals surface area contributed by atoms with Crippen molar-refractivity contribution in [3.8, 4) is 5.75 Å². The van der Waals surface area contributed by atoms with Crippen molar-refractivity contribution in [2.75, 3.05) is 19.7 Å². The molecule has 1 aromatic carbocycles. The number of para-hydroxylation sites is 1. The van der Waals surface area contributed by atoms with Crippen LogP contribution >= 0.6 is 0 Å². The summed E-state index contributed by atoms with van der Waals surface area (Å²) in [4.78, 5) is 21.8. The second kappa shape index (κ2) is 9.65. The summed E-state index contributed by atoms with van der Waals surface area (Å²) in [5.74, 6) is 0.349. The van der Waals surface area contributed by atoms with Crippen molar-refractivity contribution in [2.24, 2.45) is 0 Å². The van der Waals surface area contributed by atoms with Crippen molar-refractivity contribution < 1.29 is 19.4 Å². The lowest BCUT2D eigenvalue weighted by molar-refractivity contribution is -0.137. The number of hydrogen-bond donors (Lipinski definition) is 3. The molecule has 0 bridgehead atoms. The number of nitrogens with one attached hydrogen (secondary N) is 2. The van der Waals surface area contributed by atoms with Crippen LogP contribution in [0.15, 0.2) is 24.3 Å². The number of carboxylic acid groups (broad SMARTS) is 1. The van der Waals surface area contributed by atoms with E-state index in [0.717, 1.165) is 11.3 Å². The first-order valence-corrected chi connectivity index (χ1v) is 7.46. The number of urea groups is 1. The molecule has 1 rings (SSSR count). The second-order valence-electron chi connectivity index (χ2n) is 5.22. The lowest BCUT2D eigenvalue weighted by Crippen LogP contribution is -2.38. The highest BCUT2D eigenvalue weighted by molar-refractivity contribution is 5.73. The van der Waals surface area contributed by atoms with Gasteiger partial charge in [-0.25, -0.2) is 4.79 Å². The van der Waals surface area contributed by atoms with E-state index < -0.39 is 5.97 Å². The molecule has 0 fully saturated rings. The topological polar surface area (TPSA) is 87.7 Å². The van der Waals surface area contributed by atoms with Gasteiger partial charge in [-0.2, -0.15) is 0 Å². The van der Waals surface area contributed by atoms with Gasteiger partial charge < -0.3 is 20.5 Å². The van der Waals surface area contributed by atoms with Gasteiger partial charge in [-0.15, -0.1) is 0 Å². The number of aliphatic carboxylic acids is 1. The third-order valence-electron chi connectivity index (χ3n) is 3.04. The third kappa shape index (κ3) is 6.97. The van der Waals surface area contributed by atoms with Crippen LogP contribution < -0.4 is 15.4 Å². The predicted molar refractivity (Wildman–Crippen MR) is 84.3 cm³/mol. The Labute approximate surface area is 130 Å². The molecule has 3 N–H and O–H groups in total.